The van der Waals surface area contributed by atoms with Crippen LogP contribution in [0.1, 0.15) is 16.8 Å². The van der Waals surface area contributed by atoms with E-state index in [0.29, 0.717) is 29.4 Å². The first-order valence-electron chi connectivity index (χ1n) is 7.05. The zero-order chi connectivity index (χ0) is 15.7. The first-order chi connectivity index (χ1) is 10.4. The van der Waals surface area contributed by atoms with Gasteiger partial charge in [-0.2, -0.15) is 0 Å². The predicted octanol–water partition coefficient (Wildman–Crippen LogP) is 0.693. The predicted molar refractivity (Wildman–Crippen MR) is 83.7 cm³/mol. The van der Waals surface area contributed by atoms with Crippen molar-refractivity contribution >= 4 is 26.6 Å². The summed E-state index contributed by atoms with van der Waals surface area (Å²) in [6.45, 7) is 0.305. The molecule has 0 bridgehead atoms. The zero-order valence-electron chi connectivity index (χ0n) is 11.8. The van der Waals surface area contributed by atoms with Crippen LogP contribution in [0.4, 0.5) is 0 Å². The molecule has 2 N–H and O–H groups in total. The number of nitrogens with one attached hydrogen (secondary N) is 2. The summed E-state index contributed by atoms with van der Waals surface area (Å²) in [5.41, 5.74) is 0.566. The van der Waals surface area contributed by atoms with Crippen LogP contribution < -0.4 is 10.9 Å². The minimum atomic E-state index is -2.96. The molecule has 0 aliphatic carbocycles. The minimum Gasteiger partial charge on any atom is -0.352 e. The summed E-state index contributed by atoms with van der Waals surface area (Å²) >= 11 is 0. The molecule has 1 saturated heterocycles. The fourth-order valence-electron chi connectivity index (χ4n) is 2.76. The second-order valence-electron chi connectivity index (χ2n) is 5.57. The van der Waals surface area contributed by atoms with E-state index in [9.17, 15) is 18.0 Å². The molecule has 2 heterocycles. The number of hydrogen-bond donors (Lipinski definition) is 2. The summed E-state index contributed by atoms with van der Waals surface area (Å²) in [4.78, 5) is 26.6. The summed E-state index contributed by atoms with van der Waals surface area (Å²) in [5.74, 6) is -0.112. The third-order valence-electron chi connectivity index (χ3n) is 3.87. The van der Waals surface area contributed by atoms with E-state index in [1.54, 1.807) is 24.3 Å². The van der Waals surface area contributed by atoms with Gasteiger partial charge in [0.25, 0.3) is 5.91 Å². The number of aromatic nitrogens is 1. The van der Waals surface area contributed by atoms with Gasteiger partial charge in [-0.25, -0.2) is 8.42 Å². The second-order valence-corrected chi connectivity index (χ2v) is 7.80. The van der Waals surface area contributed by atoms with Gasteiger partial charge in [0.15, 0.2) is 9.84 Å². The van der Waals surface area contributed by atoms with Crippen LogP contribution >= 0.6 is 0 Å². The average molecular weight is 320 g/mol. The van der Waals surface area contributed by atoms with Crippen molar-refractivity contribution in [3.05, 3.63) is 46.2 Å². The molecule has 6 nitrogen and oxygen atoms in total. The highest BCUT2D eigenvalue weighted by Crippen LogP contribution is 2.18. The average Bonchev–Trinajstić information content (AvgIpc) is 2.83. The smallest absolute Gasteiger partial charge is 0.252 e. The first-order valence-corrected chi connectivity index (χ1v) is 8.87. The molecule has 116 valence electrons. The number of para-hydroxylation sites is 1. The summed E-state index contributed by atoms with van der Waals surface area (Å²) < 4.78 is 22.8. The monoisotopic (exact) mass is 320 g/mol. The van der Waals surface area contributed by atoms with Crippen LogP contribution in [-0.4, -0.2) is 37.4 Å². The highest BCUT2D eigenvalue weighted by molar-refractivity contribution is 7.91. The molecule has 1 aromatic heterocycles. The maximum atomic E-state index is 12.3. The maximum absolute atomic E-state index is 12.3. The number of carbonyl (C=O) groups excluding carboxylic acids is 1. The largest absolute Gasteiger partial charge is 0.352 e. The lowest BCUT2D eigenvalue weighted by Gasteiger charge is -2.11. The van der Waals surface area contributed by atoms with E-state index in [-0.39, 0.29) is 28.9 Å². The minimum absolute atomic E-state index is 0.0535. The van der Waals surface area contributed by atoms with E-state index in [2.05, 4.69) is 10.3 Å². The number of rotatable bonds is 3. The van der Waals surface area contributed by atoms with Crippen LogP contribution in [-0.2, 0) is 9.84 Å². The van der Waals surface area contributed by atoms with Gasteiger partial charge in [-0.15, -0.1) is 0 Å². The Labute approximate surface area is 127 Å². The van der Waals surface area contributed by atoms with Crippen molar-refractivity contribution in [2.45, 2.75) is 6.42 Å². The van der Waals surface area contributed by atoms with Gasteiger partial charge in [0, 0.05) is 23.5 Å². The van der Waals surface area contributed by atoms with Gasteiger partial charge in [0.05, 0.1) is 17.1 Å². The fraction of sp³-hybridized carbons (Fsp3) is 0.333. The summed E-state index contributed by atoms with van der Waals surface area (Å²) in [7, 11) is -2.96. The van der Waals surface area contributed by atoms with Crippen LogP contribution in [0.5, 0.6) is 0 Å². The Morgan fingerprint density at radius 1 is 1.32 bits per heavy atom. The standard InChI is InChI=1S/C15H16N2O4S/c18-14-7-12(11-3-1-2-4-13(11)17-14)15(19)16-8-10-5-6-22(20,21)9-10/h1-4,7,10H,5-6,8-9H2,(H,16,19)(H,17,18)/t10-/m1/s1. The van der Waals surface area contributed by atoms with Crippen LogP contribution in [0.2, 0.25) is 0 Å². The van der Waals surface area contributed by atoms with Gasteiger partial charge in [0.2, 0.25) is 5.56 Å². The molecule has 3 rings (SSSR count). The Hall–Kier alpha value is -2.15. The number of amides is 1. The van der Waals surface area contributed by atoms with Crippen molar-refractivity contribution in [2.24, 2.45) is 5.92 Å². The van der Waals surface area contributed by atoms with Gasteiger partial charge >= 0.3 is 0 Å². The van der Waals surface area contributed by atoms with E-state index < -0.39 is 9.84 Å². The molecule has 0 unspecified atom stereocenters. The van der Waals surface area contributed by atoms with Gasteiger partial charge in [-0.1, -0.05) is 18.2 Å². The van der Waals surface area contributed by atoms with Crippen molar-refractivity contribution in [3.63, 3.8) is 0 Å². The lowest BCUT2D eigenvalue weighted by molar-refractivity contribution is 0.0950. The lowest BCUT2D eigenvalue weighted by Crippen LogP contribution is -2.30. The molecule has 1 aliphatic rings. The molecule has 22 heavy (non-hydrogen) atoms. The molecule has 0 saturated carbocycles. The quantitative estimate of drug-likeness (QED) is 0.870. The van der Waals surface area contributed by atoms with Crippen molar-refractivity contribution in [2.75, 3.05) is 18.1 Å². The molecule has 1 atom stereocenters. The molecule has 2 aromatic rings. The van der Waals surface area contributed by atoms with Crippen molar-refractivity contribution in [3.8, 4) is 0 Å². The van der Waals surface area contributed by atoms with E-state index >= 15 is 0 Å². The maximum Gasteiger partial charge on any atom is 0.252 e. The summed E-state index contributed by atoms with van der Waals surface area (Å²) in [6.07, 6.45) is 0.568. The van der Waals surface area contributed by atoms with Gasteiger partial charge in [0.1, 0.15) is 0 Å². The lowest BCUT2D eigenvalue weighted by atomic mass is 10.1. The number of aromatic amines is 1. The number of fused-ring (bicyclic) bond motifs is 1. The van der Waals surface area contributed by atoms with Gasteiger partial charge in [-0.3, -0.25) is 9.59 Å². The van der Waals surface area contributed by atoms with Crippen molar-refractivity contribution < 1.29 is 13.2 Å². The molecule has 1 aromatic carbocycles. The molecule has 0 spiro atoms. The Kier molecular flexibility index (Phi) is 3.74. The highest BCUT2D eigenvalue weighted by atomic mass is 32.2. The summed E-state index contributed by atoms with van der Waals surface area (Å²) in [5, 5.41) is 3.41. The van der Waals surface area contributed by atoms with Crippen LogP contribution in [0.3, 0.4) is 0 Å². The van der Waals surface area contributed by atoms with E-state index in [0.717, 1.165) is 0 Å². The number of pyridine rings is 1. The Bertz CT molecular complexity index is 886. The fourth-order valence-corrected chi connectivity index (χ4v) is 4.62. The molecular formula is C15H16N2O4S. The van der Waals surface area contributed by atoms with E-state index in [1.807, 2.05) is 0 Å². The summed E-state index contributed by atoms with van der Waals surface area (Å²) in [6, 6.07) is 8.34. The normalized spacial score (nSPS) is 20.1. The van der Waals surface area contributed by atoms with E-state index in [1.165, 1.54) is 6.07 Å². The molecule has 1 amide bonds. The van der Waals surface area contributed by atoms with E-state index in [4.69, 9.17) is 0 Å². The van der Waals surface area contributed by atoms with Crippen molar-refractivity contribution in [1.29, 1.82) is 0 Å². The second kappa shape index (κ2) is 5.57. The molecular weight excluding hydrogens is 304 g/mol. The number of H-pyrrole nitrogens is 1. The molecule has 0 radical (unpaired) electrons. The Morgan fingerprint density at radius 3 is 2.82 bits per heavy atom. The highest BCUT2D eigenvalue weighted by Gasteiger charge is 2.28. The third kappa shape index (κ3) is 3.04. The molecule has 1 aliphatic heterocycles. The number of sulfone groups is 1. The van der Waals surface area contributed by atoms with Gasteiger partial charge < -0.3 is 10.3 Å². The number of carbonyl (C=O) groups is 1. The molecule has 7 heteroatoms. The topological polar surface area (TPSA) is 96.1 Å². The molecule has 1 fully saturated rings. The Morgan fingerprint density at radius 2 is 2.09 bits per heavy atom. The van der Waals surface area contributed by atoms with Crippen LogP contribution in [0.15, 0.2) is 35.1 Å². The third-order valence-corrected chi connectivity index (χ3v) is 5.71. The number of benzene rings is 1. The van der Waals surface area contributed by atoms with Crippen LogP contribution in [0, 0.1) is 5.92 Å². The zero-order valence-corrected chi connectivity index (χ0v) is 12.7. The van der Waals surface area contributed by atoms with Crippen LogP contribution in [0.25, 0.3) is 10.9 Å². The number of hydrogen-bond acceptors (Lipinski definition) is 4. The Balaban J connectivity index is 1.80. The van der Waals surface area contributed by atoms with Crippen molar-refractivity contribution in [1.82, 2.24) is 10.3 Å². The first kappa shape index (κ1) is 14.8. The SMILES string of the molecule is O=C(NC[C@H]1CCS(=O)(=O)C1)c1cc(=O)[nH]c2ccccc12. The van der Waals surface area contributed by atoms with Gasteiger partial charge in [-0.05, 0) is 18.4 Å².